The fourth-order valence-electron chi connectivity index (χ4n) is 1.24. The van der Waals surface area contributed by atoms with Gasteiger partial charge in [-0.2, -0.15) is 0 Å². The molecule has 0 aliphatic carbocycles. The van der Waals surface area contributed by atoms with E-state index >= 15 is 0 Å². The first-order valence-electron chi connectivity index (χ1n) is 4.84. The van der Waals surface area contributed by atoms with Crippen molar-refractivity contribution < 1.29 is 0 Å². The van der Waals surface area contributed by atoms with Gasteiger partial charge in [0.1, 0.15) is 5.01 Å². The maximum atomic E-state index is 3.99. The van der Waals surface area contributed by atoms with E-state index in [1.807, 2.05) is 19.4 Å². The van der Waals surface area contributed by atoms with Gasteiger partial charge in [-0.15, -0.1) is 10.2 Å². The predicted molar refractivity (Wildman–Crippen MR) is 60.0 cm³/mol. The highest BCUT2D eigenvalue weighted by Gasteiger charge is 1.98. The largest absolute Gasteiger partial charge is 0.360 e. The first kappa shape index (κ1) is 10.1. The Kier molecular flexibility index (Phi) is 3.29. The summed E-state index contributed by atoms with van der Waals surface area (Å²) < 4.78 is 2.06. The zero-order valence-electron chi connectivity index (χ0n) is 8.55. The van der Waals surface area contributed by atoms with Crippen LogP contribution in [0.3, 0.4) is 0 Å². The molecule has 6 heteroatoms. The maximum Gasteiger partial charge on any atom is 0.205 e. The summed E-state index contributed by atoms with van der Waals surface area (Å²) in [6, 6.07) is 0. The van der Waals surface area contributed by atoms with Crippen molar-refractivity contribution in [2.45, 2.75) is 19.9 Å². The van der Waals surface area contributed by atoms with Crippen molar-refractivity contribution in [3.8, 4) is 0 Å². The number of aryl methyl sites for hydroxylation is 2. The lowest BCUT2D eigenvalue weighted by Crippen LogP contribution is -2.05. The van der Waals surface area contributed by atoms with E-state index in [0.717, 1.165) is 29.6 Å². The number of anilines is 1. The van der Waals surface area contributed by atoms with E-state index in [1.54, 1.807) is 17.5 Å². The van der Waals surface area contributed by atoms with Crippen LogP contribution >= 0.6 is 11.3 Å². The molecule has 1 N–H and O–H groups in total. The van der Waals surface area contributed by atoms with E-state index in [2.05, 4.69) is 25.1 Å². The molecule has 0 radical (unpaired) electrons. The van der Waals surface area contributed by atoms with Crippen LogP contribution in [-0.2, 0) is 6.54 Å². The standard InChI is InChI=1S/C9H13N5S/c1-8-12-13-9(15-8)11-3-2-5-14-6-4-10-7-14/h4,6-7H,2-3,5H2,1H3,(H,11,13). The van der Waals surface area contributed by atoms with Gasteiger partial charge in [0.15, 0.2) is 0 Å². The monoisotopic (exact) mass is 223 g/mol. The topological polar surface area (TPSA) is 55.6 Å². The Balaban J connectivity index is 1.67. The highest BCUT2D eigenvalue weighted by Crippen LogP contribution is 2.13. The maximum absolute atomic E-state index is 3.99. The summed E-state index contributed by atoms with van der Waals surface area (Å²) >= 11 is 1.58. The number of imidazole rings is 1. The average Bonchev–Trinajstić information content (AvgIpc) is 2.84. The third kappa shape index (κ3) is 3.02. The minimum Gasteiger partial charge on any atom is -0.360 e. The van der Waals surface area contributed by atoms with E-state index in [4.69, 9.17) is 0 Å². The van der Waals surface area contributed by atoms with Gasteiger partial charge in [0.2, 0.25) is 5.13 Å². The van der Waals surface area contributed by atoms with Crippen LogP contribution < -0.4 is 5.32 Å². The minimum absolute atomic E-state index is 0.901. The van der Waals surface area contributed by atoms with Crippen LogP contribution in [0.2, 0.25) is 0 Å². The van der Waals surface area contributed by atoms with E-state index in [1.165, 1.54) is 0 Å². The van der Waals surface area contributed by atoms with Crippen LogP contribution in [-0.4, -0.2) is 26.3 Å². The summed E-state index contributed by atoms with van der Waals surface area (Å²) in [4.78, 5) is 3.98. The van der Waals surface area contributed by atoms with Crippen LogP contribution in [0.1, 0.15) is 11.4 Å². The van der Waals surface area contributed by atoms with Gasteiger partial charge in [-0.1, -0.05) is 11.3 Å². The van der Waals surface area contributed by atoms with Crippen LogP contribution in [0.25, 0.3) is 0 Å². The molecule has 0 atom stereocenters. The molecule has 0 fully saturated rings. The van der Waals surface area contributed by atoms with Crippen LogP contribution in [0.15, 0.2) is 18.7 Å². The van der Waals surface area contributed by atoms with Crippen molar-refractivity contribution in [1.82, 2.24) is 19.7 Å². The van der Waals surface area contributed by atoms with Gasteiger partial charge < -0.3 is 9.88 Å². The van der Waals surface area contributed by atoms with E-state index < -0.39 is 0 Å². The van der Waals surface area contributed by atoms with Gasteiger partial charge in [-0.25, -0.2) is 4.98 Å². The number of hydrogen-bond donors (Lipinski definition) is 1. The van der Waals surface area contributed by atoms with E-state index in [9.17, 15) is 0 Å². The van der Waals surface area contributed by atoms with Gasteiger partial charge in [0.25, 0.3) is 0 Å². The molecule has 80 valence electrons. The van der Waals surface area contributed by atoms with Gasteiger partial charge in [-0.3, -0.25) is 0 Å². The molecule has 15 heavy (non-hydrogen) atoms. The highest BCUT2D eigenvalue weighted by molar-refractivity contribution is 7.15. The van der Waals surface area contributed by atoms with Gasteiger partial charge in [-0.05, 0) is 13.3 Å². The SMILES string of the molecule is Cc1nnc(NCCCn2ccnc2)s1. The van der Waals surface area contributed by atoms with Crippen molar-refractivity contribution in [2.75, 3.05) is 11.9 Å². The average molecular weight is 223 g/mol. The summed E-state index contributed by atoms with van der Waals surface area (Å²) in [6.07, 6.45) is 6.64. The molecule has 0 aromatic carbocycles. The fraction of sp³-hybridized carbons (Fsp3) is 0.444. The Hall–Kier alpha value is -1.43. The van der Waals surface area contributed by atoms with E-state index in [0.29, 0.717) is 0 Å². The molecule has 0 spiro atoms. The Morgan fingerprint density at radius 3 is 3.07 bits per heavy atom. The summed E-state index contributed by atoms with van der Waals surface area (Å²) in [7, 11) is 0. The Labute approximate surface area is 92.2 Å². The third-order valence-electron chi connectivity index (χ3n) is 1.95. The van der Waals surface area contributed by atoms with Crippen molar-refractivity contribution in [1.29, 1.82) is 0 Å². The number of rotatable bonds is 5. The Morgan fingerprint density at radius 1 is 1.47 bits per heavy atom. The van der Waals surface area contributed by atoms with Gasteiger partial charge in [0, 0.05) is 25.5 Å². The first-order valence-corrected chi connectivity index (χ1v) is 5.66. The number of hydrogen-bond acceptors (Lipinski definition) is 5. The lowest BCUT2D eigenvalue weighted by molar-refractivity contribution is 0.660. The molecule has 2 aromatic rings. The Morgan fingerprint density at radius 2 is 2.40 bits per heavy atom. The summed E-state index contributed by atoms with van der Waals surface area (Å²) in [5.74, 6) is 0. The zero-order valence-corrected chi connectivity index (χ0v) is 9.37. The molecule has 5 nitrogen and oxygen atoms in total. The molecule has 0 bridgehead atoms. The summed E-state index contributed by atoms with van der Waals surface area (Å²) in [5, 5.41) is 13.1. The highest BCUT2D eigenvalue weighted by atomic mass is 32.1. The molecule has 2 rings (SSSR count). The molecular formula is C9H13N5S. The molecule has 0 amide bonds. The second-order valence-electron chi connectivity index (χ2n) is 3.21. The van der Waals surface area contributed by atoms with Crippen molar-refractivity contribution in [3.05, 3.63) is 23.7 Å². The molecule has 0 saturated heterocycles. The zero-order chi connectivity index (χ0) is 10.5. The number of nitrogens with one attached hydrogen (secondary N) is 1. The second-order valence-corrected chi connectivity index (χ2v) is 4.39. The third-order valence-corrected chi connectivity index (χ3v) is 2.75. The lowest BCUT2D eigenvalue weighted by atomic mass is 10.4. The molecule has 0 saturated carbocycles. The first-order chi connectivity index (χ1) is 7.34. The molecule has 2 heterocycles. The van der Waals surface area contributed by atoms with Crippen molar-refractivity contribution >= 4 is 16.5 Å². The molecule has 0 aliphatic rings. The number of nitrogens with zero attached hydrogens (tertiary/aromatic N) is 4. The van der Waals surface area contributed by atoms with Crippen molar-refractivity contribution in [2.24, 2.45) is 0 Å². The van der Waals surface area contributed by atoms with Crippen LogP contribution in [0.5, 0.6) is 0 Å². The fourth-order valence-corrected chi connectivity index (χ4v) is 1.86. The van der Waals surface area contributed by atoms with Crippen molar-refractivity contribution in [3.63, 3.8) is 0 Å². The number of aromatic nitrogens is 4. The van der Waals surface area contributed by atoms with Gasteiger partial charge >= 0.3 is 0 Å². The molecule has 2 aromatic heterocycles. The molecular weight excluding hydrogens is 210 g/mol. The Bertz CT molecular complexity index is 394. The summed E-state index contributed by atoms with van der Waals surface area (Å²) in [6.45, 7) is 3.84. The lowest BCUT2D eigenvalue weighted by Gasteiger charge is -2.02. The predicted octanol–water partition coefficient (Wildman–Crippen LogP) is 1.55. The van der Waals surface area contributed by atoms with E-state index in [-0.39, 0.29) is 0 Å². The molecule has 0 unspecified atom stereocenters. The van der Waals surface area contributed by atoms with Crippen LogP contribution in [0.4, 0.5) is 5.13 Å². The van der Waals surface area contributed by atoms with Crippen LogP contribution in [0, 0.1) is 6.92 Å². The normalized spacial score (nSPS) is 10.5. The summed E-state index contributed by atoms with van der Waals surface area (Å²) in [5.41, 5.74) is 0. The minimum atomic E-state index is 0.901. The van der Waals surface area contributed by atoms with Gasteiger partial charge in [0.05, 0.1) is 6.33 Å². The smallest absolute Gasteiger partial charge is 0.205 e. The molecule has 0 aliphatic heterocycles. The quantitative estimate of drug-likeness (QED) is 0.781. The second kappa shape index (κ2) is 4.88.